The molecule has 0 N–H and O–H groups in total. The van der Waals surface area contributed by atoms with Crippen LogP contribution < -0.4 is 0 Å². The molecule has 0 fully saturated rings. The fourth-order valence-electron chi connectivity index (χ4n) is 2.30. The number of hydrogen-bond acceptors (Lipinski definition) is 0. The molecular formula is C19H34. The van der Waals surface area contributed by atoms with Gasteiger partial charge in [0.15, 0.2) is 0 Å². The van der Waals surface area contributed by atoms with Crippen molar-refractivity contribution < 1.29 is 0 Å². The first-order valence-corrected chi connectivity index (χ1v) is 7.83. The summed E-state index contributed by atoms with van der Waals surface area (Å²) >= 11 is 0. The van der Waals surface area contributed by atoms with E-state index >= 15 is 0 Å². The highest BCUT2D eigenvalue weighted by Gasteiger charge is 2.21. The molecule has 0 spiro atoms. The van der Waals surface area contributed by atoms with E-state index < -0.39 is 0 Å². The zero-order chi connectivity index (χ0) is 14.9. The number of hydrogen-bond donors (Lipinski definition) is 0. The Kier molecular flexibility index (Phi) is 8.80. The van der Waals surface area contributed by atoms with Gasteiger partial charge in [0.05, 0.1) is 0 Å². The quantitative estimate of drug-likeness (QED) is 0.399. The molecule has 0 bridgehead atoms. The second-order valence-electron chi connectivity index (χ2n) is 6.42. The molecule has 0 nitrogen and oxygen atoms in total. The van der Waals surface area contributed by atoms with Crippen molar-refractivity contribution >= 4 is 0 Å². The van der Waals surface area contributed by atoms with Crippen molar-refractivity contribution in [1.29, 1.82) is 0 Å². The summed E-state index contributed by atoms with van der Waals surface area (Å²) in [6.45, 7) is 17.6. The van der Waals surface area contributed by atoms with Gasteiger partial charge in [0, 0.05) is 0 Å². The maximum atomic E-state index is 4.03. The number of rotatable bonds is 9. The molecule has 0 unspecified atom stereocenters. The van der Waals surface area contributed by atoms with E-state index in [0.29, 0.717) is 5.41 Å². The van der Waals surface area contributed by atoms with E-state index in [9.17, 15) is 0 Å². The number of allylic oxidation sites excluding steroid dienone is 5. The van der Waals surface area contributed by atoms with Gasteiger partial charge in [-0.15, -0.1) is 6.58 Å². The van der Waals surface area contributed by atoms with Crippen molar-refractivity contribution in [2.75, 3.05) is 0 Å². The lowest BCUT2D eigenvalue weighted by atomic mass is 9.77. The monoisotopic (exact) mass is 262 g/mol. The first-order chi connectivity index (χ1) is 8.83. The first kappa shape index (κ1) is 18.2. The molecule has 110 valence electrons. The largest absolute Gasteiger partial charge is 0.100 e. The third-order valence-electron chi connectivity index (χ3n) is 3.96. The Bertz CT molecular complexity index is 326. The van der Waals surface area contributed by atoms with Crippen molar-refractivity contribution in [1.82, 2.24) is 0 Å². The maximum absolute atomic E-state index is 4.03. The fourth-order valence-corrected chi connectivity index (χ4v) is 2.30. The summed E-state index contributed by atoms with van der Waals surface area (Å²) in [6.07, 6.45) is 11.9. The topological polar surface area (TPSA) is 0 Å². The van der Waals surface area contributed by atoms with E-state index in [0.717, 1.165) is 12.8 Å². The molecule has 0 atom stereocenters. The van der Waals surface area contributed by atoms with Crippen molar-refractivity contribution in [3.8, 4) is 0 Å². The summed E-state index contributed by atoms with van der Waals surface area (Å²) in [4.78, 5) is 0. The van der Waals surface area contributed by atoms with Crippen LogP contribution >= 0.6 is 0 Å². The van der Waals surface area contributed by atoms with Crippen molar-refractivity contribution in [2.24, 2.45) is 5.41 Å². The van der Waals surface area contributed by atoms with Crippen molar-refractivity contribution in [2.45, 2.75) is 80.1 Å². The van der Waals surface area contributed by atoms with E-state index in [1.165, 1.54) is 36.8 Å². The van der Waals surface area contributed by atoms with Crippen LogP contribution in [0, 0.1) is 5.41 Å². The molecule has 0 radical (unpaired) electrons. The van der Waals surface area contributed by atoms with Crippen molar-refractivity contribution in [3.05, 3.63) is 35.5 Å². The molecular weight excluding hydrogens is 228 g/mol. The standard InChI is InChI=1S/C19H34/c1-8-11-18(14-13-16(3)4)19(6,7)15-10-12-17(5)9-2/h11-12H,3,8-10,13-15H2,1-2,4-7H3/b17-12+,18-11+. The van der Waals surface area contributed by atoms with Gasteiger partial charge in [-0.25, -0.2) is 0 Å². The molecule has 0 heterocycles. The molecule has 0 amide bonds. The Morgan fingerprint density at radius 1 is 1.05 bits per heavy atom. The van der Waals surface area contributed by atoms with Gasteiger partial charge in [-0.05, 0) is 57.8 Å². The average Bonchev–Trinajstić information content (AvgIpc) is 2.33. The van der Waals surface area contributed by atoms with E-state index in [2.05, 4.69) is 60.3 Å². The molecule has 0 aromatic carbocycles. The molecule has 0 aliphatic carbocycles. The minimum absolute atomic E-state index is 0.315. The lowest BCUT2D eigenvalue weighted by molar-refractivity contribution is 0.395. The van der Waals surface area contributed by atoms with Crippen LogP contribution in [0.2, 0.25) is 0 Å². The maximum Gasteiger partial charge on any atom is -0.0142 e. The summed E-state index contributed by atoms with van der Waals surface area (Å²) in [5.41, 5.74) is 4.73. The van der Waals surface area contributed by atoms with E-state index in [1.807, 2.05) is 0 Å². The first-order valence-electron chi connectivity index (χ1n) is 7.83. The predicted molar refractivity (Wildman–Crippen MR) is 89.5 cm³/mol. The predicted octanol–water partition coefficient (Wildman–Crippen LogP) is 6.84. The van der Waals surface area contributed by atoms with Gasteiger partial charge < -0.3 is 0 Å². The molecule has 0 rings (SSSR count). The SMILES string of the molecule is C=C(C)CC/C(=C\CC)C(C)(C)CC/C=C(\C)CC. The summed E-state index contributed by atoms with van der Waals surface area (Å²) in [6, 6.07) is 0. The van der Waals surface area contributed by atoms with Crippen LogP contribution in [0.1, 0.15) is 80.1 Å². The highest BCUT2D eigenvalue weighted by atomic mass is 14.3. The Morgan fingerprint density at radius 3 is 2.16 bits per heavy atom. The lowest BCUT2D eigenvalue weighted by Crippen LogP contribution is -2.15. The van der Waals surface area contributed by atoms with Crippen LogP contribution in [0.25, 0.3) is 0 Å². The Labute approximate surface area is 121 Å². The minimum Gasteiger partial charge on any atom is -0.100 e. The zero-order valence-electron chi connectivity index (χ0n) is 14.1. The van der Waals surface area contributed by atoms with Gasteiger partial charge in [0.25, 0.3) is 0 Å². The minimum atomic E-state index is 0.315. The molecule has 19 heavy (non-hydrogen) atoms. The Balaban J connectivity index is 4.61. The van der Waals surface area contributed by atoms with E-state index in [4.69, 9.17) is 0 Å². The third-order valence-corrected chi connectivity index (χ3v) is 3.96. The van der Waals surface area contributed by atoms with Crippen LogP contribution in [0.15, 0.2) is 35.5 Å². The zero-order valence-corrected chi connectivity index (χ0v) is 14.1. The molecule has 0 saturated carbocycles. The van der Waals surface area contributed by atoms with Crippen LogP contribution in [-0.4, -0.2) is 0 Å². The van der Waals surface area contributed by atoms with Crippen LogP contribution in [0.5, 0.6) is 0 Å². The molecule has 0 aliphatic heterocycles. The molecule has 0 heteroatoms. The molecule has 0 aromatic heterocycles. The van der Waals surface area contributed by atoms with Gasteiger partial charge in [-0.2, -0.15) is 0 Å². The summed E-state index contributed by atoms with van der Waals surface area (Å²) in [5, 5.41) is 0. The van der Waals surface area contributed by atoms with Crippen LogP contribution in [0.3, 0.4) is 0 Å². The summed E-state index contributed by atoms with van der Waals surface area (Å²) in [5.74, 6) is 0. The normalized spacial score (nSPS) is 13.8. The molecule has 0 aromatic rings. The van der Waals surface area contributed by atoms with Crippen LogP contribution in [-0.2, 0) is 0 Å². The van der Waals surface area contributed by atoms with Crippen molar-refractivity contribution in [3.63, 3.8) is 0 Å². The van der Waals surface area contributed by atoms with Gasteiger partial charge >= 0.3 is 0 Å². The van der Waals surface area contributed by atoms with Crippen LogP contribution in [0.4, 0.5) is 0 Å². The summed E-state index contributed by atoms with van der Waals surface area (Å²) in [7, 11) is 0. The van der Waals surface area contributed by atoms with E-state index in [-0.39, 0.29) is 0 Å². The van der Waals surface area contributed by atoms with Gasteiger partial charge in [0.1, 0.15) is 0 Å². The highest BCUT2D eigenvalue weighted by Crippen LogP contribution is 2.35. The van der Waals surface area contributed by atoms with Gasteiger partial charge in [-0.1, -0.05) is 56.6 Å². The third kappa shape index (κ3) is 8.08. The summed E-state index contributed by atoms with van der Waals surface area (Å²) < 4.78 is 0. The smallest absolute Gasteiger partial charge is 0.0142 e. The van der Waals surface area contributed by atoms with Gasteiger partial charge in [-0.3, -0.25) is 0 Å². The lowest BCUT2D eigenvalue weighted by Gasteiger charge is -2.28. The van der Waals surface area contributed by atoms with E-state index in [1.54, 1.807) is 5.57 Å². The molecule has 0 saturated heterocycles. The fraction of sp³-hybridized carbons (Fsp3) is 0.684. The second-order valence-corrected chi connectivity index (χ2v) is 6.42. The Morgan fingerprint density at radius 2 is 1.68 bits per heavy atom. The highest BCUT2D eigenvalue weighted by molar-refractivity contribution is 5.14. The van der Waals surface area contributed by atoms with Gasteiger partial charge in [0.2, 0.25) is 0 Å². The molecule has 0 aliphatic rings. The average molecular weight is 262 g/mol. The Hall–Kier alpha value is -0.780. The second kappa shape index (κ2) is 9.18.